The Hall–Kier alpha value is -1.55. The van der Waals surface area contributed by atoms with Gasteiger partial charge in [-0.1, -0.05) is 17.2 Å². The summed E-state index contributed by atoms with van der Waals surface area (Å²) in [5, 5.41) is 8.89. The van der Waals surface area contributed by atoms with E-state index in [2.05, 4.69) is 11.6 Å². The lowest BCUT2D eigenvalue weighted by molar-refractivity contribution is 0.0696. The van der Waals surface area contributed by atoms with E-state index in [-0.39, 0.29) is 16.5 Å². The van der Waals surface area contributed by atoms with Gasteiger partial charge in [-0.3, -0.25) is 0 Å². The maximum Gasteiger partial charge on any atom is 0.337 e. The van der Waals surface area contributed by atoms with Gasteiger partial charge in [0.2, 0.25) is 5.88 Å². The summed E-state index contributed by atoms with van der Waals surface area (Å²) in [7, 11) is 0. The van der Waals surface area contributed by atoms with Crippen LogP contribution in [0.2, 0.25) is 5.02 Å². The lowest BCUT2D eigenvalue weighted by Crippen LogP contribution is -2.02. The monoisotopic (exact) mass is 241 g/mol. The van der Waals surface area contributed by atoms with Crippen LogP contribution in [0.4, 0.5) is 0 Å². The highest BCUT2D eigenvalue weighted by Crippen LogP contribution is 2.22. The zero-order valence-corrected chi connectivity index (χ0v) is 9.62. The second-order valence-electron chi connectivity index (χ2n) is 3.37. The van der Waals surface area contributed by atoms with Crippen molar-refractivity contribution in [2.75, 3.05) is 6.61 Å². The summed E-state index contributed by atoms with van der Waals surface area (Å²) >= 11 is 5.82. The van der Waals surface area contributed by atoms with Gasteiger partial charge < -0.3 is 9.84 Å². The molecule has 5 heteroatoms. The fourth-order valence-electron chi connectivity index (χ4n) is 0.970. The molecule has 16 heavy (non-hydrogen) atoms. The predicted octanol–water partition coefficient (Wildman–Crippen LogP) is 2.78. The van der Waals surface area contributed by atoms with Crippen LogP contribution in [0, 0.1) is 0 Å². The van der Waals surface area contributed by atoms with Gasteiger partial charge in [0.15, 0.2) is 0 Å². The molecule has 0 radical (unpaired) electrons. The average Bonchev–Trinajstić information content (AvgIpc) is 2.19. The Labute approximate surface area is 98.5 Å². The number of aromatic nitrogens is 1. The van der Waals surface area contributed by atoms with Gasteiger partial charge in [0.05, 0.1) is 12.2 Å². The molecular weight excluding hydrogens is 230 g/mol. The smallest absolute Gasteiger partial charge is 0.337 e. The minimum Gasteiger partial charge on any atom is -0.478 e. The first-order chi connectivity index (χ1) is 7.50. The minimum atomic E-state index is -1.07. The third kappa shape index (κ3) is 3.55. The van der Waals surface area contributed by atoms with Gasteiger partial charge in [0.1, 0.15) is 5.02 Å². The molecule has 86 valence electrons. The Kier molecular flexibility index (Phi) is 4.31. The summed E-state index contributed by atoms with van der Waals surface area (Å²) in [6, 6.07) is 1.31. The van der Waals surface area contributed by atoms with E-state index in [1.54, 1.807) is 0 Å². The molecule has 1 heterocycles. The van der Waals surface area contributed by atoms with E-state index in [1.807, 2.05) is 6.92 Å². The second-order valence-corrected chi connectivity index (χ2v) is 3.78. The van der Waals surface area contributed by atoms with Crippen LogP contribution in [0.3, 0.4) is 0 Å². The van der Waals surface area contributed by atoms with Gasteiger partial charge in [-0.15, -0.1) is 6.58 Å². The fraction of sp³-hybridized carbons (Fsp3) is 0.273. The van der Waals surface area contributed by atoms with E-state index < -0.39 is 5.97 Å². The number of hydrogen-bond donors (Lipinski definition) is 1. The molecule has 0 aliphatic heterocycles. The molecule has 0 spiro atoms. The number of carbonyl (C=O) groups is 1. The molecule has 0 aromatic carbocycles. The number of carboxylic acids is 1. The number of halogens is 1. The van der Waals surface area contributed by atoms with E-state index in [1.165, 1.54) is 12.3 Å². The standard InChI is InChI=1S/C11H12ClNO3/c1-7(2)3-4-16-10-9(12)5-8(6-13-10)11(14)15/h5-6H,1,3-4H2,2H3,(H,14,15). The Morgan fingerprint density at radius 1 is 1.69 bits per heavy atom. The summed E-state index contributed by atoms with van der Waals surface area (Å²) < 4.78 is 5.29. The largest absolute Gasteiger partial charge is 0.478 e. The number of carboxylic acid groups (broad SMARTS) is 1. The first-order valence-corrected chi connectivity index (χ1v) is 5.04. The molecule has 0 aliphatic carbocycles. The summed E-state index contributed by atoms with van der Waals surface area (Å²) in [6.45, 7) is 6.05. The van der Waals surface area contributed by atoms with E-state index in [4.69, 9.17) is 21.4 Å². The lowest BCUT2D eigenvalue weighted by atomic mass is 10.2. The number of ether oxygens (including phenoxy) is 1. The normalized spacial score (nSPS) is 9.88. The van der Waals surface area contributed by atoms with E-state index in [0.29, 0.717) is 13.0 Å². The summed E-state index contributed by atoms with van der Waals surface area (Å²) in [6.07, 6.45) is 1.92. The predicted molar refractivity (Wildman–Crippen MR) is 61.1 cm³/mol. The van der Waals surface area contributed by atoms with Crippen LogP contribution < -0.4 is 4.74 Å². The van der Waals surface area contributed by atoms with Crippen molar-refractivity contribution in [2.45, 2.75) is 13.3 Å². The zero-order chi connectivity index (χ0) is 12.1. The van der Waals surface area contributed by atoms with Crippen molar-refractivity contribution in [1.29, 1.82) is 0 Å². The topological polar surface area (TPSA) is 59.4 Å². The number of hydrogen-bond acceptors (Lipinski definition) is 3. The van der Waals surface area contributed by atoms with Crippen LogP contribution in [0.25, 0.3) is 0 Å². The van der Waals surface area contributed by atoms with Crippen molar-refractivity contribution in [3.8, 4) is 5.88 Å². The van der Waals surface area contributed by atoms with Crippen LogP contribution in [-0.2, 0) is 0 Å². The van der Waals surface area contributed by atoms with Crippen molar-refractivity contribution in [2.24, 2.45) is 0 Å². The van der Waals surface area contributed by atoms with Crippen molar-refractivity contribution in [3.63, 3.8) is 0 Å². The third-order valence-electron chi connectivity index (χ3n) is 1.82. The molecule has 0 saturated carbocycles. The highest BCUT2D eigenvalue weighted by molar-refractivity contribution is 6.32. The summed E-state index contributed by atoms with van der Waals surface area (Å²) in [5.41, 5.74) is 1.04. The highest BCUT2D eigenvalue weighted by atomic mass is 35.5. The number of rotatable bonds is 5. The molecule has 0 unspecified atom stereocenters. The fourth-order valence-corrected chi connectivity index (χ4v) is 1.19. The molecule has 1 rings (SSSR count). The Bertz CT molecular complexity index is 418. The maximum atomic E-state index is 10.6. The first kappa shape index (κ1) is 12.5. The lowest BCUT2D eigenvalue weighted by Gasteiger charge is -2.06. The molecule has 0 amide bonds. The van der Waals surface area contributed by atoms with Crippen LogP contribution in [-0.4, -0.2) is 22.7 Å². The van der Waals surface area contributed by atoms with Crippen molar-refractivity contribution in [1.82, 2.24) is 4.98 Å². The van der Waals surface area contributed by atoms with Gasteiger partial charge in [-0.25, -0.2) is 9.78 Å². The molecular formula is C11H12ClNO3. The van der Waals surface area contributed by atoms with Gasteiger partial charge in [0.25, 0.3) is 0 Å². The number of aromatic carboxylic acids is 1. The molecule has 0 saturated heterocycles. The van der Waals surface area contributed by atoms with Gasteiger partial charge in [-0.05, 0) is 13.0 Å². The second kappa shape index (κ2) is 5.51. The summed E-state index contributed by atoms with van der Waals surface area (Å²) in [4.78, 5) is 14.4. The molecule has 0 aliphatic rings. The van der Waals surface area contributed by atoms with E-state index in [0.717, 1.165) is 5.57 Å². The van der Waals surface area contributed by atoms with Crippen molar-refractivity contribution in [3.05, 3.63) is 35.0 Å². The number of nitrogens with zero attached hydrogens (tertiary/aromatic N) is 1. The van der Waals surface area contributed by atoms with Crippen LogP contribution in [0.5, 0.6) is 5.88 Å². The SMILES string of the molecule is C=C(C)CCOc1ncc(C(=O)O)cc1Cl. The number of pyridine rings is 1. The quantitative estimate of drug-likeness (QED) is 0.806. The van der Waals surface area contributed by atoms with E-state index in [9.17, 15) is 4.79 Å². The minimum absolute atomic E-state index is 0.0391. The Balaban J connectivity index is 2.68. The first-order valence-electron chi connectivity index (χ1n) is 4.66. The van der Waals surface area contributed by atoms with Crippen LogP contribution in [0.1, 0.15) is 23.7 Å². The third-order valence-corrected chi connectivity index (χ3v) is 2.09. The van der Waals surface area contributed by atoms with Gasteiger partial charge >= 0.3 is 5.97 Å². The van der Waals surface area contributed by atoms with Crippen molar-refractivity contribution < 1.29 is 14.6 Å². The van der Waals surface area contributed by atoms with Crippen LogP contribution >= 0.6 is 11.6 Å². The molecule has 1 aromatic heterocycles. The van der Waals surface area contributed by atoms with Crippen LogP contribution in [0.15, 0.2) is 24.4 Å². The highest BCUT2D eigenvalue weighted by Gasteiger charge is 2.09. The zero-order valence-electron chi connectivity index (χ0n) is 8.86. The van der Waals surface area contributed by atoms with E-state index >= 15 is 0 Å². The Morgan fingerprint density at radius 3 is 2.88 bits per heavy atom. The molecule has 0 bridgehead atoms. The molecule has 1 N–H and O–H groups in total. The average molecular weight is 242 g/mol. The Morgan fingerprint density at radius 2 is 2.38 bits per heavy atom. The van der Waals surface area contributed by atoms with Gasteiger partial charge in [-0.2, -0.15) is 0 Å². The molecule has 0 atom stereocenters. The summed E-state index contributed by atoms with van der Waals surface area (Å²) in [5.74, 6) is -0.823. The molecule has 1 aromatic rings. The van der Waals surface area contributed by atoms with Crippen molar-refractivity contribution >= 4 is 17.6 Å². The molecule has 0 fully saturated rings. The maximum absolute atomic E-state index is 10.6. The van der Waals surface area contributed by atoms with Gasteiger partial charge in [0, 0.05) is 12.6 Å². The molecule has 4 nitrogen and oxygen atoms in total.